The SMILES string of the molecule is CCOC(=O)c1cnn(-c2ccc(C(=O)N(CCOC)C(CC)CC)cc2)c1C(F)(F)F. The lowest BCUT2D eigenvalue weighted by Gasteiger charge is -2.30. The highest BCUT2D eigenvalue weighted by atomic mass is 19.4. The Morgan fingerprint density at radius 2 is 1.75 bits per heavy atom. The zero-order chi connectivity index (χ0) is 23.9. The van der Waals surface area contributed by atoms with Crippen molar-refractivity contribution in [3.63, 3.8) is 0 Å². The van der Waals surface area contributed by atoms with Crippen molar-refractivity contribution in [2.24, 2.45) is 0 Å². The molecule has 0 aliphatic heterocycles. The quantitative estimate of drug-likeness (QED) is 0.498. The highest BCUT2D eigenvalue weighted by molar-refractivity contribution is 5.94. The van der Waals surface area contributed by atoms with Gasteiger partial charge in [0.2, 0.25) is 0 Å². The lowest BCUT2D eigenvalue weighted by molar-refractivity contribution is -0.143. The van der Waals surface area contributed by atoms with E-state index in [1.54, 1.807) is 12.0 Å². The standard InChI is InChI=1S/C22H28F3N3O4/c1-5-16(6-2)27(12-13-31-4)20(29)15-8-10-17(11-9-15)28-19(22(23,24)25)18(14-26-28)21(30)32-7-3/h8-11,14,16H,5-7,12-13H2,1-4H3. The predicted octanol–water partition coefficient (Wildman–Crippen LogP) is 4.35. The minimum absolute atomic E-state index is 0.0208. The summed E-state index contributed by atoms with van der Waals surface area (Å²) in [4.78, 5) is 26.7. The van der Waals surface area contributed by atoms with Crippen molar-refractivity contribution in [2.75, 3.05) is 26.9 Å². The van der Waals surface area contributed by atoms with Gasteiger partial charge >= 0.3 is 12.1 Å². The maximum absolute atomic E-state index is 13.7. The number of benzene rings is 1. The van der Waals surface area contributed by atoms with Crippen LogP contribution in [0.1, 0.15) is 60.0 Å². The van der Waals surface area contributed by atoms with Crippen LogP contribution in [0.5, 0.6) is 0 Å². The Morgan fingerprint density at radius 1 is 1.12 bits per heavy atom. The van der Waals surface area contributed by atoms with Gasteiger partial charge in [0.05, 0.1) is 25.1 Å². The van der Waals surface area contributed by atoms with Crippen LogP contribution in [0, 0.1) is 0 Å². The van der Waals surface area contributed by atoms with E-state index < -0.39 is 23.4 Å². The first-order chi connectivity index (χ1) is 15.2. The fourth-order valence-electron chi connectivity index (χ4n) is 3.46. The van der Waals surface area contributed by atoms with E-state index in [0.717, 1.165) is 19.0 Å². The fraction of sp³-hybridized carbons (Fsp3) is 0.500. The minimum atomic E-state index is -4.83. The Kier molecular flexibility index (Phi) is 8.82. The zero-order valence-electron chi connectivity index (χ0n) is 18.6. The maximum Gasteiger partial charge on any atom is 0.434 e. The lowest BCUT2D eigenvalue weighted by Crippen LogP contribution is -2.41. The van der Waals surface area contributed by atoms with E-state index >= 15 is 0 Å². The molecule has 0 bridgehead atoms. The van der Waals surface area contributed by atoms with Crippen LogP contribution in [0.3, 0.4) is 0 Å². The van der Waals surface area contributed by atoms with Crippen LogP contribution in [0.2, 0.25) is 0 Å². The number of ether oxygens (including phenoxy) is 2. The van der Waals surface area contributed by atoms with Crippen LogP contribution in [0.25, 0.3) is 5.69 Å². The van der Waals surface area contributed by atoms with Gasteiger partial charge in [0, 0.05) is 25.3 Å². The number of alkyl halides is 3. The third-order valence-electron chi connectivity index (χ3n) is 5.07. The average molecular weight is 455 g/mol. The third-order valence-corrected chi connectivity index (χ3v) is 5.07. The van der Waals surface area contributed by atoms with Crippen molar-refractivity contribution >= 4 is 11.9 Å². The molecule has 0 spiro atoms. The number of amides is 1. The van der Waals surface area contributed by atoms with Crippen LogP contribution in [0.15, 0.2) is 30.5 Å². The molecule has 0 N–H and O–H groups in total. The van der Waals surface area contributed by atoms with E-state index in [0.29, 0.717) is 23.4 Å². The van der Waals surface area contributed by atoms with Crippen LogP contribution in [-0.2, 0) is 15.7 Å². The molecule has 0 fully saturated rings. The first kappa shape index (κ1) is 25.4. The second kappa shape index (κ2) is 11.1. The van der Waals surface area contributed by atoms with Gasteiger partial charge in [-0.1, -0.05) is 13.8 Å². The largest absolute Gasteiger partial charge is 0.462 e. The summed E-state index contributed by atoms with van der Waals surface area (Å²) in [6.07, 6.45) is -2.47. The van der Waals surface area contributed by atoms with Crippen LogP contribution < -0.4 is 0 Å². The molecule has 0 aliphatic carbocycles. The average Bonchev–Trinajstić information content (AvgIpc) is 3.22. The Morgan fingerprint density at radius 3 is 2.25 bits per heavy atom. The molecule has 0 unspecified atom stereocenters. The number of hydrogen-bond acceptors (Lipinski definition) is 5. The van der Waals surface area contributed by atoms with Crippen molar-refractivity contribution in [2.45, 2.75) is 45.8 Å². The van der Waals surface area contributed by atoms with Crippen molar-refractivity contribution in [1.82, 2.24) is 14.7 Å². The van der Waals surface area contributed by atoms with Crippen LogP contribution in [-0.4, -0.2) is 59.5 Å². The molecule has 10 heteroatoms. The van der Waals surface area contributed by atoms with Crippen LogP contribution in [0.4, 0.5) is 13.2 Å². The Labute approximate surface area is 185 Å². The molecule has 1 aromatic heterocycles. The number of nitrogens with zero attached hydrogens (tertiary/aromatic N) is 3. The second-order valence-corrected chi connectivity index (χ2v) is 7.05. The van der Waals surface area contributed by atoms with Gasteiger partial charge in [0.15, 0.2) is 5.69 Å². The van der Waals surface area contributed by atoms with E-state index in [9.17, 15) is 22.8 Å². The first-order valence-corrected chi connectivity index (χ1v) is 10.4. The smallest absolute Gasteiger partial charge is 0.434 e. The summed E-state index contributed by atoms with van der Waals surface area (Å²) in [5.41, 5.74) is -1.49. The maximum atomic E-state index is 13.7. The van der Waals surface area contributed by atoms with Gasteiger partial charge in [0.1, 0.15) is 5.56 Å². The zero-order valence-corrected chi connectivity index (χ0v) is 18.6. The number of rotatable bonds is 10. The molecule has 0 aliphatic rings. The first-order valence-electron chi connectivity index (χ1n) is 10.4. The number of aromatic nitrogens is 2. The van der Waals surface area contributed by atoms with Gasteiger partial charge < -0.3 is 14.4 Å². The summed E-state index contributed by atoms with van der Waals surface area (Å²) in [6.45, 7) is 6.20. The fourth-order valence-corrected chi connectivity index (χ4v) is 3.46. The summed E-state index contributed by atoms with van der Waals surface area (Å²) in [5.74, 6) is -1.33. The molecule has 2 aromatic rings. The second-order valence-electron chi connectivity index (χ2n) is 7.05. The summed E-state index contributed by atoms with van der Waals surface area (Å²) < 4.78 is 51.5. The third kappa shape index (κ3) is 5.67. The molecule has 0 saturated heterocycles. The van der Waals surface area contributed by atoms with Crippen LogP contribution >= 0.6 is 0 Å². The molecule has 1 heterocycles. The van der Waals surface area contributed by atoms with Crippen molar-refractivity contribution < 1.29 is 32.2 Å². The number of halogens is 3. The van der Waals surface area contributed by atoms with Crippen molar-refractivity contribution in [3.05, 3.63) is 47.3 Å². The molecule has 176 valence electrons. The Bertz CT molecular complexity index is 906. The van der Waals surface area contributed by atoms with Gasteiger partial charge in [-0.3, -0.25) is 4.79 Å². The number of methoxy groups -OCH3 is 1. The van der Waals surface area contributed by atoms with Gasteiger partial charge in [-0.05, 0) is 44.0 Å². The molecule has 32 heavy (non-hydrogen) atoms. The van der Waals surface area contributed by atoms with Gasteiger partial charge in [0.25, 0.3) is 5.91 Å². The predicted molar refractivity (Wildman–Crippen MR) is 112 cm³/mol. The minimum Gasteiger partial charge on any atom is -0.462 e. The molecule has 1 aromatic carbocycles. The summed E-state index contributed by atoms with van der Waals surface area (Å²) >= 11 is 0. The van der Waals surface area contributed by atoms with Gasteiger partial charge in [-0.25, -0.2) is 9.48 Å². The molecule has 2 rings (SSSR count). The molecular formula is C22H28F3N3O4. The lowest BCUT2D eigenvalue weighted by atomic mass is 10.1. The monoisotopic (exact) mass is 455 g/mol. The van der Waals surface area contributed by atoms with E-state index in [1.807, 2.05) is 13.8 Å². The normalized spacial score (nSPS) is 11.6. The number of carbonyl (C=O) groups excluding carboxylic acids is 2. The van der Waals surface area contributed by atoms with Gasteiger partial charge in [-0.15, -0.1) is 0 Å². The Hall–Kier alpha value is -2.88. The Balaban J connectivity index is 2.40. The summed E-state index contributed by atoms with van der Waals surface area (Å²) in [7, 11) is 1.55. The highest BCUT2D eigenvalue weighted by Gasteiger charge is 2.41. The van der Waals surface area contributed by atoms with Crippen molar-refractivity contribution in [1.29, 1.82) is 0 Å². The topological polar surface area (TPSA) is 73.7 Å². The van der Waals surface area contributed by atoms with E-state index in [-0.39, 0.29) is 24.2 Å². The van der Waals surface area contributed by atoms with Crippen molar-refractivity contribution in [3.8, 4) is 5.69 Å². The summed E-state index contributed by atoms with van der Waals surface area (Å²) in [6, 6.07) is 5.65. The number of esters is 1. The summed E-state index contributed by atoms with van der Waals surface area (Å²) in [5, 5.41) is 3.75. The van der Waals surface area contributed by atoms with E-state index in [1.165, 1.54) is 31.2 Å². The molecular weight excluding hydrogens is 427 g/mol. The molecule has 0 saturated carbocycles. The number of hydrogen-bond donors (Lipinski definition) is 0. The number of carbonyl (C=O) groups is 2. The van der Waals surface area contributed by atoms with E-state index in [2.05, 4.69) is 5.10 Å². The van der Waals surface area contributed by atoms with E-state index in [4.69, 9.17) is 9.47 Å². The molecule has 0 radical (unpaired) electrons. The molecule has 0 atom stereocenters. The molecule has 7 nitrogen and oxygen atoms in total. The molecule has 1 amide bonds. The van der Waals surface area contributed by atoms with Gasteiger partial charge in [-0.2, -0.15) is 18.3 Å². The highest BCUT2D eigenvalue weighted by Crippen LogP contribution is 2.34.